The topological polar surface area (TPSA) is 78.8 Å². The molecule has 6 nitrogen and oxygen atoms in total. The summed E-state index contributed by atoms with van der Waals surface area (Å²) in [6, 6.07) is 17.6. The highest BCUT2D eigenvalue weighted by Gasteiger charge is 2.34. The molecule has 0 saturated carbocycles. The second-order valence-electron chi connectivity index (χ2n) is 6.86. The summed E-state index contributed by atoms with van der Waals surface area (Å²) in [5.74, 6) is -0.260. The molecule has 0 spiro atoms. The van der Waals surface area contributed by atoms with E-state index in [1.54, 1.807) is 59.9 Å². The molecule has 1 aliphatic heterocycles. The highest BCUT2D eigenvalue weighted by molar-refractivity contribution is 7.92. The third kappa shape index (κ3) is 4.40. The van der Waals surface area contributed by atoms with Crippen LogP contribution in [0.5, 0.6) is 0 Å². The van der Waals surface area contributed by atoms with Crippen molar-refractivity contribution in [2.75, 3.05) is 11.0 Å². The predicted octanol–water partition coefficient (Wildman–Crippen LogP) is 4.76. The first-order valence-corrected chi connectivity index (χ1v) is 12.2. The smallest absolute Gasteiger partial charge is 0.276 e. The molecule has 2 heterocycles. The van der Waals surface area contributed by atoms with Crippen molar-refractivity contribution in [2.45, 2.75) is 12.5 Å². The average molecular weight is 460 g/mol. The Hall–Kier alpha value is -2.68. The number of anilines is 1. The van der Waals surface area contributed by atoms with Gasteiger partial charge in [0.15, 0.2) is 0 Å². The van der Waals surface area contributed by atoms with E-state index in [9.17, 15) is 13.2 Å². The number of carbonyl (C=O) groups excluding carboxylic acids is 1. The Morgan fingerprint density at radius 1 is 1.13 bits per heavy atom. The van der Waals surface area contributed by atoms with Crippen molar-refractivity contribution in [3.8, 4) is 0 Å². The zero-order valence-corrected chi connectivity index (χ0v) is 18.3. The molecule has 0 saturated heterocycles. The Morgan fingerprint density at radius 3 is 2.50 bits per heavy atom. The van der Waals surface area contributed by atoms with Crippen LogP contribution < -0.4 is 4.72 Å². The molecule has 4 rings (SSSR count). The van der Waals surface area contributed by atoms with Crippen molar-refractivity contribution in [3.63, 3.8) is 0 Å². The van der Waals surface area contributed by atoms with Crippen LogP contribution in [0.3, 0.4) is 0 Å². The molecule has 0 bridgehead atoms. The van der Waals surface area contributed by atoms with Gasteiger partial charge in [-0.2, -0.15) is 5.10 Å². The Labute approximate surface area is 183 Å². The lowest BCUT2D eigenvalue weighted by atomic mass is 10.0. The first-order chi connectivity index (χ1) is 14.3. The van der Waals surface area contributed by atoms with Crippen LogP contribution in [0.25, 0.3) is 0 Å². The number of hydrogen-bond donors (Lipinski definition) is 1. The van der Waals surface area contributed by atoms with E-state index < -0.39 is 10.0 Å². The largest absolute Gasteiger partial charge is 0.284 e. The molecule has 1 N–H and O–H groups in total. The van der Waals surface area contributed by atoms with Crippen LogP contribution in [0.4, 0.5) is 5.69 Å². The number of halogens is 1. The summed E-state index contributed by atoms with van der Waals surface area (Å²) in [6.07, 6.45) is 1.65. The molecule has 0 fully saturated rings. The molecule has 1 amide bonds. The van der Waals surface area contributed by atoms with E-state index in [0.29, 0.717) is 22.7 Å². The minimum Gasteiger partial charge on any atom is -0.284 e. The summed E-state index contributed by atoms with van der Waals surface area (Å²) < 4.78 is 25.3. The number of amides is 1. The normalized spacial score (nSPS) is 16.4. The van der Waals surface area contributed by atoms with Gasteiger partial charge < -0.3 is 0 Å². The highest BCUT2D eigenvalue weighted by Crippen LogP contribution is 2.37. The number of benzene rings is 2. The van der Waals surface area contributed by atoms with Crippen molar-refractivity contribution in [3.05, 3.63) is 87.1 Å². The van der Waals surface area contributed by atoms with Crippen LogP contribution in [0.1, 0.15) is 33.3 Å². The lowest BCUT2D eigenvalue weighted by molar-refractivity contribution is 0.0714. The fourth-order valence-corrected chi connectivity index (χ4v) is 4.87. The second-order valence-corrected chi connectivity index (χ2v) is 10.00. The summed E-state index contributed by atoms with van der Waals surface area (Å²) >= 11 is 7.81. The standard InChI is InChI=1S/C21H18ClN3O3S2/c1-30(27,28)24-15-10-8-14(9-11-15)18-13-19(20-7-4-12-29-20)25(23-18)21(26)16-5-2-3-6-17(16)22/h2-12,19,24H,13H2,1H3/t19-/m1/s1. The maximum atomic E-state index is 13.2. The summed E-state index contributed by atoms with van der Waals surface area (Å²) in [5, 5.41) is 8.47. The zero-order valence-electron chi connectivity index (χ0n) is 15.9. The molecular weight excluding hydrogens is 442 g/mol. The van der Waals surface area contributed by atoms with Gasteiger partial charge in [-0.05, 0) is 41.3 Å². The number of thiophene rings is 1. The predicted molar refractivity (Wildman–Crippen MR) is 121 cm³/mol. The summed E-state index contributed by atoms with van der Waals surface area (Å²) in [4.78, 5) is 14.3. The second kappa shape index (κ2) is 8.22. The van der Waals surface area contributed by atoms with Gasteiger partial charge in [0.1, 0.15) is 0 Å². The van der Waals surface area contributed by atoms with E-state index in [-0.39, 0.29) is 11.9 Å². The SMILES string of the molecule is CS(=O)(=O)Nc1ccc(C2=NN(C(=O)c3ccccc3Cl)[C@@H](c3cccs3)C2)cc1. The average Bonchev–Trinajstić information content (AvgIpc) is 3.37. The van der Waals surface area contributed by atoms with Crippen LogP contribution in [0.15, 0.2) is 71.1 Å². The first-order valence-electron chi connectivity index (χ1n) is 9.09. The Morgan fingerprint density at radius 2 is 1.87 bits per heavy atom. The van der Waals surface area contributed by atoms with E-state index >= 15 is 0 Å². The molecule has 30 heavy (non-hydrogen) atoms. The van der Waals surface area contributed by atoms with Gasteiger partial charge in [-0.1, -0.05) is 41.9 Å². The van der Waals surface area contributed by atoms with Gasteiger partial charge in [0.05, 0.1) is 28.6 Å². The van der Waals surface area contributed by atoms with Crippen molar-refractivity contribution in [1.82, 2.24) is 5.01 Å². The van der Waals surface area contributed by atoms with Crippen LogP contribution in [-0.2, 0) is 10.0 Å². The molecule has 9 heteroatoms. The molecule has 2 aromatic carbocycles. The molecular formula is C21H18ClN3O3S2. The van der Waals surface area contributed by atoms with Crippen LogP contribution in [-0.4, -0.2) is 31.3 Å². The molecule has 1 aliphatic rings. The quantitative estimate of drug-likeness (QED) is 0.597. The van der Waals surface area contributed by atoms with Crippen molar-refractivity contribution in [2.24, 2.45) is 5.10 Å². The van der Waals surface area contributed by atoms with Gasteiger partial charge in [-0.15, -0.1) is 11.3 Å². The maximum Gasteiger partial charge on any atom is 0.276 e. The maximum absolute atomic E-state index is 13.2. The summed E-state index contributed by atoms with van der Waals surface area (Å²) in [5.41, 5.74) is 2.45. The summed E-state index contributed by atoms with van der Waals surface area (Å²) in [7, 11) is -3.35. The van der Waals surface area contributed by atoms with Gasteiger partial charge in [0, 0.05) is 17.0 Å². The third-order valence-electron chi connectivity index (χ3n) is 4.62. The van der Waals surface area contributed by atoms with Gasteiger partial charge in [-0.25, -0.2) is 13.4 Å². The first kappa shape index (κ1) is 20.6. The minimum absolute atomic E-state index is 0.224. The summed E-state index contributed by atoms with van der Waals surface area (Å²) in [6.45, 7) is 0. The molecule has 0 radical (unpaired) electrons. The number of nitrogens with zero attached hydrogens (tertiary/aromatic N) is 2. The van der Waals surface area contributed by atoms with Crippen molar-refractivity contribution >= 4 is 50.3 Å². The van der Waals surface area contributed by atoms with Crippen molar-refractivity contribution < 1.29 is 13.2 Å². The van der Waals surface area contributed by atoms with Crippen LogP contribution >= 0.6 is 22.9 Å². The third-order valence-corrected chi connectivity index (χ3v) is 6.53. The lowest BCUT2D eigenvalue weighted by Gasteiger charge is -2.21. The molecule has 1 aromatic heterocycles. The van der Waals surface area contributed by atoms with E-state index in [1.807, 2.05) is 17.5 Å². The number of nitrogens with one attached hydrogen (secondary N) is 1. The molecule has 3 aromatic rings. The van der Waals surface area contributed by atoms with Crippen LogP contribution in [0, 0.1) is 0 Å². The van der Waals surface area contributed by atoms with E-state index in [1.165, 1.54) is 5.01 Å². The fourth-order valence-electron chi connectivity index (χ4n) is 3.28. The fraction of sp³-hybridized carbons (Fsp3) is 0.143. The number of carbonyl (C=O) groups is 1. The number of rotatable bonds is 5. The van der Waals surface area contributed by atoms with E-state index in [2.05, 4.69) is 9.82 Å². The molecule has 0 unspecified atom stereocenters. The number of hydrogen-bond acceptors (Lipinski definition) is 5. The molecule has 0 aliphatic carbocycles. The van der Waals surface area contributed by atoms with E-state index in [0.717, 1.165) is 22.4 Å². The Kier molecular flexibility index (Phi) is 5.64. The Balaban J connectivity index is 1.67. The van der Waals surface area contributed by atoms with Gasteiger partial charge in [0.25, 0.3) is 5.91 Å². The minimum atomic E-state index is -3.35. The monoisotopic (exact) mass is 459 g/mol. The van der Waals surface area contributed by atoms with Gasteiger partial charge >= 0.3 is 0 Å². The number of sulfonamides is 1. The molecule has 154 valence electrons. The van der Waals surface area contributed by atoms with Crippen molar-refractivity contribution in [1.29, 1.82) is 0 Å². The van der Waals surface area contributed by atoms with Crippen LogP contribution in [0.2, 0.25) is 5.02 Å². The lowest BCUT2D eigenvalue weighted by Crippen LogP contribution is -2.26. The van der Waals surface area contributed by atoms with Gasteiger partial charge in [-0.3, -0.25) is 9.52 Å². The number of hydrazone groups is 1. The molecule has 1 atom stereocenters. The Bertz CT molecular complexity index is 1210. The van der Waals surface area contributed by atoms with Gasteiger partial charge in [0.2, 0.25) is 10.0 Å². The zero-order chi connectivity index (χ0) is 21.3. The highest BCUT2D eigenvalue weighted by atomic mass is 35.5. The van der Waals surface area contributed by atoms with E-state index in [4.69, 9.17) is 11.6 Å².